The van der Waals surface area contributed by atoms with Crippen LogP contribution in [0.1, 0.15) is 25.0 Å². The van der Waals surface area contributed by atoms with Crippen LogP contribution in [0.4, 0.5) is 0 Å². The molecule has 4 atom stereocenters. The van der Waals surface area contributed by atoms with Crippen LogP contribution in [0.15, 0.2) is 71.5 Å². The van der Waals surface area contributed by atoms with Crippen LogP contribution in [-0.4, -0.2) is 49.9 Å². The van der Waals surface area contributed by atoms with E-state index >= 15 is 0 Å². The maximum atomic E-state index is 13.1. The molecule has 8 heteroatoms. The van der Waals surface area contributed by atoms with Crippen LogP contribution < -0.4 is 20.2 Å². The first-order chi connectivity index (χ1) is 18.3. The van der Waals surface area contributed by atoms with Gasteiger partial charge in [0.2, 0.25) is 0 Å². The summed E-state index contributed by atoms with van der Waals surface area (Å²) in [5.41, 5.74) is 2.51. The van der Waals surface area contributed by atoms with Crippen LogP contribution >= 0.6 is 0 Å². The molecule has 1 aliphatic heterocycles. The van der Waals surface area contributed by atoms with Gasteiger partial charge in [0, 0.05) is 25.2 Å². The summed E-state index contributed by atoms with van der Waals surface area (Å²) < 4.78 is 19.8. The van der Waals surface area contributed by atoms with Crippen LogP contribution in [0, 0.1) is 5.92 Å². The zero-order valence-electron chi connectivity index (χ0n) is 22.6. The maximum Gasteiger partial charge on any atom is 0.279 e. The molecule has 0 fully saturated rings. The molecular formula is C30H36N2O5Si. The number of hydrogen-bond acceptors (Lipinski definition) is 5. The highest BCUT2D eigenvalue weighted by molar-refractivity contribution is 6.91. The number of H-pyrrole nitrogens is 1. The smallest absolute Gasteiger partial charge is 0.279 e. The average molecular weight is 533 g/mol. The van der Waals surface area contributed by atoms with Gasteiger partial charge in [-0.15, -0.1) is 0 Å². The number of hydrogen-bond donors (Lipinski definition) is 2. The van der Waals surface area contributed by atoms with Crippen molar-refractivity contribution in [3.8, 4) is 17.2 Å². The van der Waals surface area contributed by atoms with Gasteiger partial charge < -0.3 is 19.3 Å². The molecule has 3 aromatic carbocycles. The summed E-state index contributed by atoms with van der Waals surface area (Å²) in [5, 5.41) is 15.2. The summed E-state index contributed by atoms with van der Waals surface area (Å²) in [6, 6.07) is 21.6. The number of benzene rings is 3. The summed E-state index contributed by atoms with van der Waals surface area (Å²) in [6.45, 7) is 6.94. The van der Waals surface area contributed by atoms with E-state index in [1.54, 1.807) is 18.9 Å². The molecule has 38 heavy (non-hydrogen) atoms. The van der Waals surface area contributed by atoms with E-state index in [1.807, 2.05) is 54.6 Å². The first-order valence-electron chi connectivity index (χ1n) is 13.1. The molecule has 1 aromatic heterocycles. The van der Waals surface area contributed by atoms with Crippen LogP contribution in [-0.2, 0) is 4.74 Å². The first kappa shape index (κ1) is 26.3. The molecule has 1 aliphatic rings. The number of aromatic amines is 1. The number of ether oxygens (including phenoxy) is 3. The van der Waals surface area contributed by atoms with E-state index in [4.69, 9.17) is 14.2 Å². The van der Waals surface area contributed by atoms with Gasteiger partial charge in [0.15, 0.2) is 0 Å². The van der Waals surface area contributed by atoms with Crippen molar-refractivity contribution in [2.24, 2.45) is 5.92 Å². The second kappa shape index (κ2) is 10.4. The van der Waals surface area contributed by atoms with Crippen LogP contribution in [0.3, 0.4) is 0 Å². The fraction of sp³-hybridized carbons (Fsp3) is 0.367. The minimum Gasteiger partial charge on any atom is -0.497 e. The normalized spacial score (nSPS) is 20.1. The van der Waals surface area contributed by atoms with Gasteiger partial charge in [-0.3, -0.25) is 9.89 Å². The summed E-state index contributed by atoms with van der Waals surface area (Å²) in [6.07, 6.45) is 0.296. The molecule has 0 amide bonds. The molecule has 0 saturated heterocycles. The van der Waals surface area contributed by atoms with Crippen molar-refractivity contribution in [1.82, 2.24) is 9.78 Å². The molecule has 0 bridgehead atoms. The van der Waals surface area contributed by atoms with E-state index in [1.165, 1.54) is 5.19 Å². The summed E-state index contributed by atoms with van der Waals surface area (Å²) in [4.78, 5) is 13.1. The lowest BCUT2D eigenvalue weighted by Gasteiger charge is -2.45. The highest BCUT2D eigenvalue weighted by Gasteiger charge is 2.47. The van der Waals surface area contributed by atoms with E-state index in [9.17, 15) is 9.90 Å². The van der Waals surface area contributed by atoms with Crippen LogP contribution in [0.5, 0.6) is 11.5 Å². The topological polar surface area (TPSA) is 85.7 Å². The van der Waals surface area contributed by atoms with E-state index in [0.29, 0.717) is 11.8 Å². The Hall–Kier alpha value is -3.33. The summed E-state index contributed by atoms with van der Waals surface area (Å²) in [7, 11) is 1.30. The Morgan fingerprint density at radius 1 is 1.08 bits per heavy atom. The number of rotatable bonds is 8. The first-order valence-corrected chi connectivity index (χ1v) is 16.2. The van der Waals surface area contributed by atoms with Crippen molar-refractivity contribution in [2.45, 2.75) is 44.2 Å². The number of aliphatic hydroxyl groups is 1. The van der Waals surface area contributed by atoms with Gasteiger partial charge in [-0.1, -0.05) is 49.5 Å². The van der Waals surface area contributed by atoms with Gasteiger partial charge in [-0.25, -0.2) is 4.68 Å². The van der Waals surface area contributed by atoms with E-state index in [-0.39, 0.29) is 35.8 Å². The zero-order chi connectivity index (χ0) is 27.0. The number of aliphatic hydroxyl groups excluding tert-OH is 1. The molecule has 0 aliphatic carbocycles. The fourth-order valence-electron chi connectivity index (χ4n) is 6.05. The van der Waals surface area contributed by atoms with E-state index in [0.717, 1.165) is 28.3 Å². The molecule has 1 unspecified atom stereocenters. The molecule has 0 radical (unpaired) electrons. The van der Waals surface area contributed by atoms with Gasteiger partial charge in [0.25, 0.3) is 5.56 Å². The van der Waals surface area contributed by atoms with Crippen molar-refractivity contribution in [3.63, 3.8) is 0 Å². The van der Waals surface area contributed by atoms with Crippen LogP contribution in [0.25, 0.3) is 16.6 Å². The second-order valence-electron chi connectivity index (χ2n) is 10.7. The predicted octanol–water partition coefficient (Wildman–Crippen LogP) is 4.78. The Morgan fingerprint density at radius 3 is 2.47 bits per heavy atom. The molecule has 0 spiro atoms. The number of fused-ring (bicyclic) bond motifs is 2. The Kier molecular flexibility index (Phi) is 7.22. The van der Waals surface area contributed by atoms with Gasteiger partial charge >= 0.3 is 0 Å². The lowest BCUT2D eigenvalue weighted by atomic mass is 9.86. The number of nitrogens with zero attached hydrogens (tertiary/aromatic N) is 1. The predicted molar refractivity (Wildman–Crippen MR) is 153 cm³/mol. The van der Waals surface area contributed by atoms with Crippen molar-refractivity contribution in [3.05, 3.63) is 82.6 Å². The standard InChI is InChI=1S/C30H36N2O5Si/c1-19-28(36-3)24-18-20(32-30(34)23-8-6-7-9-25(23)31-32)10-15-26(24)37-29(19)27(16-17-33)38(4,5)22-13-11-21(35-2)12-14-22/h6-15,18-19,27-29,31,33H,16-17H2,1-5H3/t19-,27?,28-,29-/m0/s1. The second-order valence-corrected chi connectivity index (χ2v) is 15.4. The third-order valence-electron chi connectivity index (χ3n) is 8.26. The number of nitrogens with one attached hydrogen (secondary N) is 1. The molecule has 0 saturated carbocycles. The maximum absolute atomic E-state index is 13.1. The lowest BCUT2D eigenvalue weighted by molar-refractivity contribution is -0.0242. The number of aromatic nitrogens is 2. The Morgan fingerprint density at radius 2 is 1.82 bits per heavy atom. The van der Waals surface area contributed by atoms with Crippen LogP contribution in [0.2, 0.25) is 18.6 Å². The average Bonchev–Trinajstić information content (AvgIpc) is 3.27. The quantitative estimate of drug-likeness (QED) is 0.319. The van der Waals surface area contributed by atoms with Crippen molar-refractivity contribution in [1.29, 1.82) is 0 Å². The minimum absolute atomic E-state index is 0.0313. The Labute approximate surface area is 224 Å². The lowest BCUT2D eigenvalue weighted by Crippen LogP contribution is -2.54. The number of methoxy groups -OCH3 is 2. The fourth-order valence-corrected chi connectivity index (χ4v) is 9.55. The Bertz CT molecular complexity index is 1480. The highest BCUT2D eigenvalue weighted by Crippen LogP contribution is 2.47. The third kappa shape index (κ3) is 4.46. The monoisotopic (exact) mass is 532 g/mol. The van der Waals surface area contributed by atoms with E-state index < -0.39 is 8.07 Å². The highest BCUT2D eigenvalue weighted by atomic mass is 28.3. The zero-order valence-corrected chi connectivity index (χ0v) is 23.6. The molecule has 4 aromatic rings. The van der Waals surface area contributed by atoms with Crippen molar-refractivity contribution in [2.75, 3.05) is 20.8 Å². The largest absolute Gasteiger partial charge is 0.497 e. The minimum atomic E-state index is -2.09. The van der Waals surface area contributed by atoms with E-state index in [2.05, 4.69) is 37.2 Å². The van der Waals surface area contributed by atoms with Crippen molar-refractivity contribution >= 4 is 24.2 Å². The van der Waals surface area contributed by atoms with Gasteiger partial charge in [0.05, 0.1) is 37.9 Å². The SMILES string of the molecule is COc1ccc([Si](C)(C)C(CCO)[C@H]2Oc3ccc(-n4[nH]c5ccccc5c4=O)cc3[C@@H](OC)[C@@H]2C)cc1. The summed E-state index contributed by atoms with van der Waals surface area (Å²) >= 11 is 0. The molecule has 5 rings (SSSR count). The molecule has 7 nitrogen and oxygen atoms in total. The van der Waals surface area contributed by atoms with Gasteiger partial charge in [-0.2, -0.15) is 0 Å². The molecule has 2 N–H and O–H groups in total. The molecule has 2 heterocycles. The summed E-state index contributed by atoms with van der Waals surface area (Å²) in [5.74, 6) is 1.62. The van der Waals surface area contributed by atoms with Gasteiger partial charge in [-0.05, 0) is 54.4 Å². The third-order valence-corrected chi connectivity index (χ3v) is 12.6. The Balaban J connectivity index is 1.52. The van der Waals surface area contributed by atoms with Crippen molar-refractivity contribution < 1.29 is 19.3 Å². The molecular weight excluding hydrogens is 496 g/mol. The number of para-hydroxylation sites is 1. The molecule has 200 valence electrons. The van der Waals surface area contributed by atoms with Gasteiger partial charge in [0.1, 0.15) is 17.6 Å².